The fraction of sp³-hybridized carbons (Fsp3) is 0.520. The van der Waals surface area contributed by atoms with Gasteiger partial charge >= 0.3 is 0 Å². The molecule has 1 unspecified atom stereocenters. The molecule has 1 aliphatic carbocycles. The van der Waals surface area contributed by atoms with Crippen LogP contribution in [0, 0.1) is 0 Å². The number of methoxy groups -OCH3 is 1. The number of carbonyl (C=O) groups is 1. The maximum absolute atomic E-state index is 12.8. The fourth-order valence-corrected chi connectivity index (χ4v) is 3.69. The van der Waals surface area contributed by atoms with Crippen LogP contribution >= 0.6 is 0 Å². The van der Waals surface area contributed by atoms with Gasteiger partial charge in [-0.05, 0) is 73.9 Å². The summed E-state index contributed by atoms with van der Waals surface area (Å²) in [7, 11) is 1.66. The third-order valence-electron chi connectivity index (χ3n) is 5.24. The number of nitrogens with zero attached hydrogens (tertiary/aromatic N) is 1. The van der Waals surface area contributed by atoms with E-state index >= 15 is 0 Å². The third-order valence-corrected chi connectivity index (χ3v) is 5.24. The van der Waals surface area contributed by atoms with E-state index in [9.17, 15) is 4.79 Å². The molecule has 2 aromatic rings. The van der Waals surface area contributed by atoms with Crippen molar-refractivity contribution in [1.82, 2.24) is 10.3 Å². The topological polar surface area (TPSA) is 60.5 Å². The second-order valence-corrected chi connectivity index (χ2v) is 7.34. The highest BCUT2D eigenvalue weighted by Crippen LogP contribution is 2.34. The van der Waals surface area contributed by atoms with Crippen LogP contribution in [0.1, 0.15) is 69.9 Å². The second kappa shape index (κ2) is 12.9. The number of aromatic nitrogens is 1. The van der Waals surface area contributed by atoms with E-state index in [2.05, 4.69) is 17.2 Å². The first kappa shape index (κ1) is 23.7. The third kappa shape index (κ3) is 6.75. The zero-order chi connectivity index (χ0) is 21.8. The number of benzene rings is 1. The van der Waals surface area contributed by atoms with Crippen molar-refractivity contribution >= 4 is 5.91 Å². The lowest BCUT2D eigenvalue weighted by Crippen LogP contribution is -2.31. The molecule has 0 radical (unpaired) electrons. The van der Waals surface area contributed by atoms with Crippen molar-refractivity contribution in [2.75, 3.05) is 13.7 Å². The minimum Gasteiger partial charge on any atom is -0.493 e. The quantitative estimate of drug-likeness (QED) is 0.608. The van der Waals surface area contributed by atoms with Crippen molar-refractivity contribution in [1.29, 1.82) is 0 Å². The number of rotatable bonds is 9. The van der Waals surface area contributed by atoms with Crippen molar-refractivity contribution in [2.45, 2.75) is 71.3 Å². The SMILES string of the molecule is CC.CCCNC(=O)C(Cc1ccc(OC)c(OC2CCCC2)c1)c1ccncc1. The lowest BCUT2D eigenvalue weighted by molar-refractivity contribution is -0.122. The zero-order valence-electron chi connectivity index (χ0n) is 18.8. The Morgan fingerprint density at radius 2 is 1.83 bits per heavy atom. The van der Waals surface area contributed by atoms with Gasteiger partial charge in [0, 0.05) is 18.9 Å². The van der Waals surface area contributed by atoms with E-state index in [1.54, 1.807) is 19.5 Å². The molecule has 1 aromatic carbocycles. The van der Waals surface area contributed by atoms with Crippen molar-refractivity contribution in [2.24, 2.45) is 0 Å². The predicted molar refractivity (Wildman–Crippen MR) is 121 cm³/mol. The van der Waals surface area contributed by atoms with Gasteiger partial charge in [0.25, 0.3) is 0 Å². The summed E-state index contributed by atoms with van der Waals surface area (Å²) in [5.41, 5.74) is 2.03. The van der Waals surface area contributed by atoms with Gasteiger partial charge in [0.2, 0.25) is 5.91 Å². The van der Waals surface area contributed by atoms with Crippen LogP contribution < -0.4 is 14.8 Å². The average Bonchev–Trinajstić information content (AvgIpc) is 3.31. The van der Waals surface area contributed by atoms with Gasteiger partial charge in [0.05, 0.1) is 19.1 Å². The molecule has 0 saturated heterocycles. The number of pyridine rings is 1. The Morgan fingerprint density at radius 1 is 1.13 bits per heavy atom. The van der Waals surface area contributed by atoms with Gasteiger partial charge in [0.1, 0.15) is 0 Å². The zero-order valence-corrected chi connectivity index (χ0v) is 18.8. The first-order valence-corrected chi connectivity index (χ1v) is 11.2. The normalized spacial score (nSPS) is 14.4. The van der Waals surface area contributed by atoms with E-state index < -0.39 is 0 Å². The summed E-state index contributed by atoms with van der Waals surface area (Å²) >= 11 is 0. The van der Waals surface area contributed by atoms with Crippen LogP contribution in [-0.4, -0.2) is 30.6 Å². The van der Waals surface area contributed by atoms with Gasteiger partial charge in [-0.3, -0.25) is 9.78 Å². The van der Waals surface area contributed by atoms with Crippen LogP contribution in [-0.2, 0) is 11.2 Å². The fourth-order valence-electron chi connectivity index (χ4n) is 3.69. The van der Waals surface area contributed by atoms with Gasteiger partial charge in [-0.15, -0.1) is 0 Å². The summed E-state index contributed by atoms with van der Waals surface area (Å²) in [4.78, 5) is 16.9. The van der Waals surface area contributed by atoms with Crippen LogP contribution in [0.3, 0.4) is 0 Å². The standard InChI is InChI=1S/C23H30N2O3.C2H6/c1-3-12-25-23(26)20(18-10-13-24-14-11-18)15-17-8-9-21(27-2)22(16-17)28-19-6-4-5-7-19;1-2/h8-11,13-14,16,19-20H,3-7,12,15H2,1-2H3,(H,25,26);1-2H3. The van der Waals surface area contributed by atoms with E-state index in [0.29, 0.717) is 13.0 Å². The molecule has 1 N–H and O–H groups in total. The van der Waals surface area contributed by atoms with Crippen molar-refractivity contribution in [3.8, 4) is 11.5 Å². The second-order valence-electron chi connectivity index (χ2n) is 7.34. The Bertz CT molecular complexity index is 758. The van der Waals surface area contributed by atoms with Gasteiger partial charge in [-0.2, -0.15) is 0 Å². The minimum atomic E-state index is -0.262. The highest BCUT2D eigenvalue weighted by atomic mass is 16.5. The molecule has 0 aliphatic heterocycles. The molecule has 3 rings (SSSR count). The summed E-state index contributed by atoms with van der Waals surface area (Å²) in [5.74, 6) is 1.30. The first-order valence-electron chi connectivity index (χ1n) is 11.2. The molecule has 5 nitrogen and oxygen atoms in total. The Hall–Kier alpha value is -2.56. The van der Waals surface area contributed by atoms with Crippen molar-refractivity contribution < 1.29 is 14.3 Å². The molecule has 1 saturated carbocycles. The predicted octanol–water partition coefficient (Wildman–Crippen LogP) is 5.29. The average molecular weight is 413 g/mol. The minimum absolute atomic E-state index is 0.0436. The van der Waals surface area contributed by atoms with Crippen LogP contribution in [0.2, 0.25) is 0 Å². The maximum atomic E-state index is 12.8. The largest absolute Gasteiger partial charge is 0.493 e. The van der Waals surface area contributed by atoms with E-state index in [1.165, 1.54) is 12.8 Å². The lowest BCUT2D eigenvalue weighted by Gasteiger charge is -2.20. The lowest BCUT2D eigenvalue weighted by atomic mass is 9.91. The molecule has 164 valence electrons. The molecule has 1 aromatic heterocycles. The molecule has 0 bridgehead atoms. The molecule has 1 fully saturated rings. The molecule has 1 atom stereocenters. The Morgan fingerprint density at radius 3 is 2.47 bits per heavy atom. The molecule has 1 heterocycles. The Labute approximate surface area is 181 Å². The Kier molecular flexibility index (Phi) is 10.2. The molecule has 30 heavy (non-hydrogen) atoms. The van der Waals surface area contributed by atoms with Crippen LogP contribution in [0.15, 0.2) is 42.7 Å². The van der Waals surface area contributed by atoms with E-state index in [0.717, 1.165) is 41.9 Å². The van der Waals surface area contributed by atoms with Gasteiger partial charge < -0.3 is 14.8 Å². The smallest absolute Gasteiger partial charge is 0.227 e. The van der Waals surface area contributed by atoms with Crippen LogP contribution in [0.4, 0.5) is 0 Å². The van der Waals surface area contributed by atoms with Gasteiger partial charge in [0.15, 0.2) is 11.5 Å². The number of amides is 1. The summed E-state index contributed by atoms with van der Waals surface area (Å²) in [6, 6.07) is 9.80. The highest BCUT2D eigenvalue weighted by molar-refractivity contribution is 5.84. The van der Waals surface area contributed by atoms with E-state index in [4.69, 9.17) is 9.47 Å². The van der Waals surface area contributed by atoms with E-state index in [-0.39, 0.29) is 17.9 Å². The molecular weight excluding hydrogens is 376 g/mol. The van der Waals surface area contributed by atoms with E-state index in [1.807, 2.05) is 44.2 Å². The van der Waals surface area contributed by atoms with Gasteiger partial charge in [-0.1, -0.05) is 26.8 Å². The van der Waals surface area contributed by atoms with Crippen LogP contribution in [0.5, 0.6) is 11.5 Å². The number of ether oxygens (including phenoxy) is 2. The molecule has 0 spiro atoms. The van der Waals surface area contributed by atoms with Crippen LogP contribution in [0.25, 0.3) is 0 Å². The van der Waals surface area contributed by atoms with Crippen molar-refractivity contribution in [3.63, 3.8) is 0 Å². The number of nitrogens with one attached hydrogen (secondary N) is 1. The first-order chi connectivity index (χ1) is 14.7. The molecule has 1 aliphatic rings. The number of hydrogen-bond donors (Lipinski definition) is 1. The number of carbonyl (C=O) groups excluding carboxylic acids is 1. The number of hydrogen-bond acceptors (Lipinski definition) is 4. The maximum Gasteiger partial charge on any atom is 0.227 e. The highest BCUT2D eigenvalue weighted by Gasteiger charge is 2.23. The summed E-state index contributed by atoms with van der Waals surface area (Å²) in [5, 5.41) is 3.03. The Balaban J connectivity index is 0.00000155. The van der Waals surface area contributed by atoms with Gasteiger partial charge in [-0.25, -0.2) is 0 Å². The van der Waals surface area contributed by atoms with Crippen molar-refractivity contribution in [3.05, 3.63) is 53.9 Å². The summed E-state index contributed by atoms with van der Waals surface area (Å²) in [6.07, 6.45) is 9.85. The summed E-state index contributed by atoms with van der Waals surface area (Å²) < 4.78 is 11.7. The monoisotopic (exact) mass is 412 g/mol. The molecular formula is C25H36N2O3. The molecule has 1 amide bonds. The summed E-state index contributed by atoms with van der Waals surface area (Å²) in [6.45, 7) is 6.73. The molecule has 5 heteroatoms.